The lowest BCUT2D eigenvalue weighted by Crippen LogP contribution is -2.39. The molecule has 0 fully saturated rings. The first-order chi connectivity index (χ1) is 9.69. The Labute approximate surface area is 127 Å². The SMILES string of the molecule is CN=C(NCCc1nccs1)N(C)Cc1csc(C)n1. The van der Waals surface area contributed by atoms with Crippen molar-refractivity contribution in [3.8, 4) is 0 Å². The largest absolute Gasteiger partial charge is 0.356 e. The van der Waals surface area contributed by atoms with Gasteiger partial charge >= 0.3 is 0 Å². The number of thiazole rings is 2. The number of nitrogens with one attached hydrogen (secondary N) is 1. The predicted molar refractivity (Wildman–Crippen MR) is 85.5 cm³/mol. The minimum Gasteiger partial charge on any atom is -0.356 e. The summed E-state index contributed by atoms with van der Waals surface area (Å²) in [6.45, 7) is 3.62. The number of aliphatic imine (C=N–C) groups is 1. The summed E-state index contributed by atoms with van der Waals surface area (Å²) in [5.41, 5.74) is 1.08. The number of guanidine groups is 1. The quantitative estimate of drug-likeness (QED) is 0.679. The normalized spacial score (nSPS) is 11.7. The zero-order valence-corrected chi connectivity index (χ0v) is 13.6. The van der Waals surface area contributed by atoms with Crippen molar-refractivity contribution >= 4 is 28.6 Å². The lowest BCUT2D eigenvalue weighted by atomic mass is 10.4. The van der Waals surface area contributed by atoms with Crippen molar-refractivity contribution in [2.75, 3.05) is 20.6 Å². The van der Waals surface area contributed by atoms with Gasteiger partial charge in [0.15, 0.2) is 5.96 Å². The molecule has 0 unspecified atom stereocenters. The molecule has 2 aromatic rings. The molecular formula is C13H19N5S2. The third-order valence-corrected chi connectivity index (χ3v) is 4.41. The van der Waals surface area contributed by atoms with Gasteiger partial charge in [0.1, 0.15) is 0 Å². The van der Waals surface area contributed by atoms with E-state index in [0.29, 0.717) is 0 Å². The molecule has 0 aliphatic carbocycles. The van der Waals surface area contributed by atoms with Gasteiger partial charge in [-0.1, -0.05) is 0 Å². The summed E-state index contributed by atoms with van der Waals surface area (Å²) in [6.07, 6.45) is 2.76. The first-order valence-electron chi connectivity index (χ1n) is 6.40. The van der Waals surface area contributed by atoms with Gasteiger partial charge in [0.2, 0.25) is 0 Å². The van der Waals surface area contributed by atoms with Crippen LogP contribution >= 0.6 is 22.7 Å². The van der Waals surface area contributed by atoms with Crippen molar-refractivity contribution in [1.82, 2.24) is 20.2 Å². The molecule has 0 aromatic carbocycles. The third-order valence-electron chi connectivity index (χ3n) is 2.74. The Morgan fingerprint density at radius 3 is 2.90 bits per heavy atom. The molecule has 2 rings (SSSR count). The second kappa shape index (κ2) is 7.35. The van der Waals surface area contributed by atoms with Crippen LogP contribution in [-0.2, 0) is 13.0 Å². The van der Waals surface area contributed by atoms with Crippen LogP contribution in [0.1, 0.15) is 15.7 Å². The van der Waals surface area contributed by atoms with Crippen molar-refractivity contribution in [3.63, 3.8) is 0 Å². The number of hydrogen-bond donors (Lipinski definition) is 1. The summed E-state index contributed by atoms with van der Waals surface area (Å²) in [5.74, 6) is 0.882. The van der Waals surface area contributed by atoms with Crippen LogP contribution in [0.2, 0.25) is 0 Å². The van der Waals surface area contributed by atoms with E-state index in [4.69, 9.17) is 0 Å². The van der Waals surface area contributed by atoms with Crippen LogP contribution in [0.5, 0.6) is 0 Å². The number of hydrogen-bond acceptors (Lipinski definition) is 5. The second-order valence-electron chi connectivity index (χ2n) is 4.36. The van der Waals surface area contributed by atoms with Gasteiger partial charge < -0.3 is 10.2 Å². The molecule has 5 nitrogen and oxygen atoms in total. The highest BCUT2D eigenvalue weighted by Crippen LogP contribution is 2.09. The molecule has 0 spiro atoms. The van der Waals surface area contributed by atoms with Crippen LogP contribution < -0.4 is 5.32 Å². The maximum Gasteiger partial charge on any atom is 0.193 e. The van der Waals surface area contributed by atoms with Gasteiger partial charge in [-0.15, -0.1) is 22.7 Å². The zero-order valence-electron chi connectivity index (χ0n) is 12.0. The Morgan fingerprint density at radius 1 is 1.45 bits per heavy atom. The number of aromatic nitrogens is 2. The minimum absolute atomic E-state index is 0.765. The van der Waals surface area contributed by atoms with Gasteiger partial charge in [0.25, 0.3) is 0 Å². The van der Waals surface area contributed by atoms with E-state index in [1.54, 1.807) is 29.7 Å². The van der Waals surface area contributed by atoms with E-state index in [9.17, 15) is 0 Å². The lowest BCUT2D eigenvalue weighted by molar-refractivity contribution is 0.471. The Bertz CT molecular complexity index is 547. The van der Waals surface area contributed by atoms with Crippen LogP contribution in [0, 0.1) is 6.92 Å². The highest BCUT2D eigenvalue weighted by molar-refractivity contribution is 7.09. The van der Waals surface area contributed by atoms with Gasteiger partial charge in [-0.2, -0.15) is 0 Å². The topological polar surface area (TPSA) is 53.4 Å². The fourth-order valence-corrected chi connectivity index (χ4v) is 3.07. The fourth-order valence-electron chi connectivity index (χ4n) is 1.84. The van der Waals surface area contributed by atoms with E-state index in [0.717, 1.165) is 41.2 Å². The maximum atomic E-state index is 4.47. The van der Waals surface area contributed by atoms with Crippen molar-refractivity contribution in [1.29, 1.82) is 0 Å². The third kappa shape index (κ3) is 4.28. The van der Waals surface area contributed by atoms with E-state index in [2.05, 4.69) is 30.6 Å². The molecule has 2 heterocycles. The van der Waals surface area contributed by atoms with Crippen molar-refractivity contribution in [2.45, 2.75) is 19.9 Å². The first-order valence-corrected chi connectivity index (χ1v) is 8.16. The predicted octanol–water partition coefficient (Wildman–Crippen LogP) is 2.16. The molecule has 0 aliphatic rings. The lowest BCUT2D eigenvalue weighted by Gasteiger charge is -2.21. The molecule has 0 amide bonds. The molecule has 0 saturated heterocycles. The van der Waals surface area contributed by atoms with Gasteiger partial charge in [-0.3, -0.25) is 4.99 Å². The summed E-state index contributed by atoms with van der Waals surface area (Å²) in [5, 5.41) is 9.69. The highest BCUT2D eigenvalue weighted by atomic mass is 32.1. The number of aryl methyl sites for hydroxylation is 1. The summed E-state index contributed by atoms with van der Waals surface area (Å²) < 4.78 is 0. The Balaban J connectivity index is 1.81. The maximum absolute atomic E-state index is 4.47. The molecule has 20 heavy (non-hydrogen) atoms. The molecule has 0 saturated carbocycles. The van der Waals surface area contributed by atoms with Gasteiger partial charge in [0.05, 0.1) is 22.3 Å². The van der Waals surface area contributed by atoms with Crippen LogP contribution in [0.25, 0.3) is 0 Å². The summed E-state index contributed by atoms with van der Waals surface area (Å²) in [7, 11) is 3.82. The van der Waals surface area contributed by atoms with Crippen LogP contribution in [0.4, 0.5) is 0 Å². The zero-order chi connectivity index (χ0) is 14.4. The van der Waals surface area contributed by atoms with E-state index >= 15 is 0 Å². The second-order valence-corrected chi connectivity index (χ2v) is 6.41. The first kappa shape index (κ1) is 14.9. The summed E-state index contributed by atoms with van der Waals surface area (Å²) in [6, 6.07) is 0. The smallest absolute Gasteiger partial charge is 0.193 e. The molecule has 0 bridgehead atoms. The van der Waals surface area contributed by atoms with Crippen molar-refractivity contribution in [3.05, 3.63) is 32.7 Å². The Kier molecular flexibility index (Phi) is 5.49. The Morgan fingerprint density at radius 2 is 2.30 bits per heavy atom. The van der Waals surface area contributed by atoms with Gasteiger partial charge in [-0.25, -0.2) is 9.97 Å². The van der Waals surface area contributed by atoms with Gasteiger partial charge in [-0.05, 0) is 6.92 Å². The standard InChI is InChI=1S/C13H19N5S2/c1-10-17-11(9-20-10)8-18(3)13(14-2)16-5-4-12-15-6-7-19-12/h6-7,9H,4-5,8H2,1-3H3,(H,14,16). The van der Waals surface area contributed by atoms with Crippen LogP contribution in [-0.4, -0.2) is 41.5 Å². The average Bonchev–Trinajstić information content (AvgIpc) is 3.06. The van der Waals surface area contributed by atoms with Crippen LogP contribution in [0.3, 0.4) is 0 Å². The van der Waals surface area contributed by atoms with Crippen molar-refractivity contribution < 1.29 is 0 Å². The molecule has 108 valence electrons. The molecule has 2 aromatic heterocycles. The molecule has 1 N–H and O–H groups in total. The van der Waals surface area contributed by atoms with Crippen LogP contribution in [0.15, 0.2) is 21.9 Å². The van der Waals surface area contributed by atoms with Crippen molar-refractivity contribution in [2.24, 2.45) is 4.99 Å². The fraction of sp³-hybridized carbons (Fsp3) is 0.462. The van der Waals surface area contributed by atoms with E-state index < -0.39 is 0 Å². The number of rotatable bonds is 5. The number of nitrogens with zero attached hydrogens (tertiary/aromatic N) is 4. The molecule has 0 atom stereocenters. The minimum atomic E-state index is 0.765. The highest BCUT2D eigenvalue weighted by Gasteiger charge is 2.08. The van der Waals surface area contributed by atoms with E-state index in [1.165, 1.54) is 0 Å². The summed E-state index contributed by atoms with van der Waals surface area (Å²) in [4.78, 5) is 15.1. The van der Waals surface area contributed by atoms with E-state index in [1.807, 2.05) is 25.5 Å². The molecule has 0 radical (unpaired) electrons. The monoisotopic (exact) mass is 309 g/mol. The molecular weight excluding hydrogens is 290 g/mol. The Hall–Kier alpha value is -1.47. The average molecular weight is 309 g/mol. The molecule has 7 heteroatoms. The summed E-state index contributed by atoms with van der Waals surface area (Å²) >= 11 is 3.36. The van der Waals surface area contributed by atoms with E-state index in [-0.39, 0.29) is 0 Å². The molecule has 0 aliphatic heterocycles. The van der Waals surface area contributed by atoms with Gasteiger partial charge in [0, 0.05) is 44.0 Å².